The van der Waals surface area contributed by atoms with Gasteiger partial charge in [0.25, 0.3) is 15.9 Å². The van der Waals surface area contributed by atoms with E-state index in [1.54, 1.807) is 6.92 Å². The summed E-state index contributed by atoms with van der Waals surface area (Å²) in [5, 5.41) is 4.11. The van der Waals surface area contributed by atoms with E-state index in [0.29, 0.717) is 36.8 Å². The number of nitrogens with one attached hydrogen (secondary N) is 1. The zero-order valence-electron chi connectivity index (χ0n) is 19.7. The number of fused-ring (bicyclic) bond motifs is 1. The molecule has 1 heterocycles. The van der Waals surface area contributed by atoms with Crippen LogP contribution < -0.4 is 19.2 Å². The number of carbonyl (C=O) groups excluding carboxylic acids is 1. The smallest absolute Gasteiger partial charge is 0.264 e. The number of sulfonamides is 1. The third kappa shape index (κ3) is 6.19. The topological polar surface area (TPSA) is 97.3 Å². The van der Waals surface area contributed by atoms with E-state index < -0.39 is 28.3 Å². The standard InChI is InChI=1S/C26H26FN3O5S/c1-19(7-8-20-5-3-2-4-6-20)28-29-26(31)18-30(22-11-9-21(27)10-12-22)36(32,33)23-13-14-24-25(17-23)35-16-15-34-24/h2-6,9-14,17H,7-8,15-16,18H2,1H3,(H,29,31)/b28-19-. The minimum Gasteiger partial charge on any atom is -0.486 e. The van der Waals surface area contributed by atoms with E-state index in [1.807, 2.05) is 30.3 Å². The predicted octanol–water partition coefficient (Wildman–Crippen LogP) is 3.92. The molecule has 8 nitrogen and oxygen atoms in total. The average Bonchev–Trinajstić information content (AvgIpc) is 2.90. The Morgan fingerprint density at radius 3 is 2.42 bits per heavy atom. The molecule has 0 atom stereocenters. The van der Waals surface area contributed by atoms with Crippen LogP contribution in [0.2, 0.25) is 0 Å². The number of hydrazone groups is 1. The van der Waals surface area contributed by atoms with Crippen molar-refractivity contribution in [3.8, 4) is 11.5 Å². The molecule has 188 valence electrons. The fourth-order valence-corrected chi connectivity index (χ4v) is 5.02. The Morgan fingerprint density at radius 2 is 1.69 bits per heavy atom. The number of carbonyl (C=O) groups is 1. The number of rotatable bonds is 9. The second-order valence-corrected chi connectivity index (χ2v) is 10.0. The van der Waals surface area contributed by atoms with Gasteiger partial charge in [-0.1, -0.05) is 30.3 Å². The van der Waals surface area contributed by atoms with Gasteiger partial charge in [0.15, 0.2) is 11.5 Å². The number of ether oxygens (including phenoxy) is 2. The minimum absolute atomic E-state index is 0.0913. The van der Waals surface area contributed by atoms with Crippen LogP contribution in [0.25, 0.3) is 0 Å². The van der Waals surface area contributed by atoms with Gasteiger partial charge < -0.3 is 9.47 Å². The number of nitrogens with zero attached hydrogens (tertiary/aromatic N) is 2. The molecule has 0 bridgehead atoms. The van der Waals surface area contributed by atoms with Crippen molar-refractivity contribution in [3.05, 3.63) is 84.2 Å². The molecule has 0 saturated heterocycles. The Hall–Kier alpha value is -3.92. The Labute approximate surface area is 209 Å². The lowest BCUT2D eigenvalue weighted by Crippen LogP contribution is -2.39. The lowest BCUT2D eigenvalue weighted by molar-refractivity contribution is -0.119. The van der Waals surface area contributed by atoms with E-state index in [0.717, 1.165) is 28.4 Å². The van der Waals surface area contributed by atoms with E-state index in [1.165, 1.54) is 30.3 Å². The molecule has 0 spiro atoms. The molecule has 0 unspecified atom stereocenters. The van der Waals surface area contributed by atoms with Crippen LogP contribution in [0, 0.1) is 5.82 Å². The van der Waals surface area contributed by atoms with E-state index in [4.69, 9.17) is 9.47 Å². The maximum Gasteiger partial charge on any atom is 0.264 e. The number of benzene rings is 3. The van der Waals surface area contributed by atoms with Crippen LogP contribution in [0.5, 0.6) is 11.5 Å². The molecule has 0 aliphatic carbocycles. The molecule has 36 heavy (non-hydrogen) atoms. The first-order chi connectivity index (χ1) is 17.3. The minimum atomic E-state index is -4.21. The average molecular weight is 512 g/mol. The van der Waals surface area contributed by atoms with Crippen molar-refractivity contribution in [1.29, 1.82) is 0 Å². The number of hydrogen-bond donors (Lipinski definition) is 1. The fraction of sp³-hybridized carbons (Fsp3) is 0.231. The van der Waals surface area contributed by atoms with Crippen LogP contribution in [-0.2, 0) is 21.2 Å². The first-order valence-corrected chi connectivity index (χ1v) is 12.8. The zero-order chi connectivity index (χ0) is 25.5. The van der Waals surface area contributed by atoms with Crippen molar-refractivity contribution in [2.75, 3.05) is 24.1 Å². The third-order valence-electron chi connectivity index (χ3n) is 5.49. The summed E-state index contributed by atoms with van der Waals surface area (Å²) in [5.41, 5.74) is 4.39. The van der Waals surface area contributed by atoms with E-state index in [9.17, 15) is 17.6 Å². The molecule has 0 aromatic heterocycles. The summed E-state index contributed by atoms with van der Waals surface area (Å²) in [4.78, 5) is 12.6. The normalized spacial score (nSPS) is 13.2. The summed E-state index contributed by atoms with van der Waals surface area (Å²) in [7, 11) is -4.21. The molecule has 0 saturated carbocycles. The van der Waals surface area contributed by atoms with Crippen LogP contribution in [0.15, 0.2) is 82.8 Å². The van der Waals surface area contributed by atoms with Crippen molar-refractivity contribution in [3.63, 3.8) is 0 Å². The summed E-state index contributed by atoms with van der Waals surface area (Å²) >= 11 is 0. The largest absolute Gasteiger partial charge is 0.486 e. The number of halogens is 1. The molecule has 0 fully saturated rings. The van der Waals surface area contributed by atoms with Crippen molar-refractivity contribution in [2.24, 2.45) is 5.10 Å². The van der Waals surface area contributed by atoms with Gasteiger partial charge in [0.05, 0.1) is 10.6 Å². The van der Waals surface area contributed by atoms with Gasteiger partial charge in [-0.2, -0.15) is 5.10 Å². The van der Waals surface area contributed by atoms with Crippen molar-refractivity contribution >= 4 is 27.3 Å². The molecule has 4 rings (SSSR count). The quantitative estimate of drug-likeness (QED) is 0.347. The van der Waals surface area contributed by atoms with Gasteiger partial charge in [0.2, 0.25) is 0 Å². The molecule has 3 aromatic rings. The maximum atomic E-state index is 13.6. The molecule has 3 aromatic carbocycles. The predicted molar refractivity (Wildman–Crippen MR) is 134 cm³/mol. The van der Waals surface area contributed by atoms with E-state index >= 15 is 0 Å². The maximum absolute atomic E-state index is 13.6. The van der Waals surface area contributed by atoms with Crippen molar-refractivity contribution in [2.45, 2.75) is 24.7 Å². The number of anilines is 1. The fourth-order valence-electron chi connectivity index (χ4n) is 3.58. The van der Waals surface area contributed by atoms with Crippen LogP contribution in [0.1, 0.15) is 18.9 Å². The highest BCUT2D eigenvalue weighted by atomic mass is 32.2. The Balaban J connectivity index is 1.52. The Kier molecular flexibility index (Phi) is 7.84. The first-order valence-electron chi connectivity index (χ1n) is 11.4. The highest BCUT2D eigenvalue weighted by Gasteiger charge is 2.29. The molecule has 1 N–H and O–H groups in total. The number of hydrogen-bond acceptors (Lipinski definition) is 6. The van der Waals surface area contributed by atoms with Gasteiger partial charge in [-0.05, 0) is 61.7 Å². The zero-order valence-corrected chi connectivity index (χ0v) is 20.5. The van der Waals surface area contributed by atoms with Crippen LogP contribution in [-0.4, -0.2) is 39.8 Å². The molecule has 1 aliphatic rings. The summed E-state index contributed by atoms with van der Waals surface area (Å²) in [6.45, 7) is 1.89. The van der Waals surface area contributed by atoms with Gasteiger partial charge in [-0.25, -0.2) is 18.2 Å². The lowest BCUT2D eigenvalue weighted by atomic mass is 10.1. The highest BCUT2D eigenvalue weighted by molar-refractivity contribution is 7.92. The highest BCUT2D eigenvalue weighted by Crippen LogP contribution is 2.34. The van der Waals surface area contributed by atoms with Gasteiger partial charge in [0, 0.05) is 11.8 Å². The van der Waals surface area contributed by atoms with Crippen molar-refractivity contribution < 1.29 is 27.1 Å². The van der Waals surface area contributed by atoms with Gasteiger partial charge in [-0.3, -0.25) is 9.10 Å². The molecule has 0 radical (unpaired) electrons. The lowest BCUT2D eigenvalue weighted by Gasteiger charge is -2.25. The molecular weight excluding hydrogens is 485 g/mol. The van der Waals surface area contributed by atoms with Crippen LogP contribution in [0.3, 0.4) is 0 Å². The SMILES string of the molecule is C/C(CCc1ccccc1)=N/NC(=O)CN(c1ccc(F)cc1)S(=O)(=O)c1ccc2c(c1)OCCO2. The molecule has 1 amide bonds. The van der Waals surface area contributed by atoms with E-state index in [2.05, 4.69) is 10.5 Å². The summed E-state index contributed by atoms with van der Waals surface area (Å²) in [5.74, 6) is -0.436. The van der Waals surface area contributed by atoms with Crippen LogP contribution >= 0.6 is 0 Å². The summed E-state index contributed by atoms with van der Waals surface area (Å²) < 4.78 is 52.5. The third-order valence-corrected chi connectivity index (χ3v) is 7.26. The van der Waals surface area contributed by atoms with E-state index in [-0.39, 0.29) is 10.6 Å². The van der Waals surface area contributed by atoms with Crippen molar-refractivity contribution in [1.82, 2.24) is 5.43 Å². The first kappa shape index (κ1) is 25.2. The van der Waals surface area contributed by atoms with Gasteiger partial charge in [0.1, 0.15) is 25.6 Å². The second kappa shape index (κ2) is 11.2. The van der Waals surface area contributed by atoms with Gasteiger partial charge >= 0.3 is 0 Å². The Morgan fingerprint density at radius 1 is 1.00 bits per heavy atom. The second-order valence-electron chi connectivity index (χ2n) is 8.16. The summed E-state index contributed by atoms with van der Waals surface area (Å²) in [6.07, 6.45) is 1.38. The number of amides is 1. The monoisotopic (exact) mass is 511 g/mol. The Bertz CT molecular complexity index is 1350. The summed E-state index contributed by atoms with van der Waals surface area (Å²) in [6, 6.07) is 19.0. The molecule has 1 aliphatic heterocycles. The van der Waals surface area contributed by atoms with Crippen LogP contribution in [0.4, 0.5) is 10.1 Å². The van der Waals surface area contributed by atoms with Gasteiger partial charge in [-0.15, -0.1) is 0 Å². The molecular formula is C26H26FN3O5S. The molecule has 10 heteroatoms. The number of aryl methyl sites for hydroxylation is 1.